The van der Waals surface area contributed by atoms with Gasteiger partial charge in [-0.3, -0.25) is 4.79 Å². The Hall–Kier alpha value is -1.39. The second-order valence-corrected chi connectivity index (χ2v) is 6.59. The highest BCUT2D eigenvalue weighted by atomic mass is 79.9. The number of hydrogen-bond donors (Lipinski definition) is 0. The summed E-state index contributed by atoms with van der Waals surface area (Å²) in [6, 6.07) is 12.0. The predicted octanol–water partition coefficient (Wildman–Crippen LogP) is 4.66. The Labute approximate surface area is 123 Å². The van der Waals surface area contributed by atoms with Gasteiger partial charge in [0.2, 0.25) is 0 Å². The van der Waals surface area contributed by atoms with Crippen LogP contribution in [0.25, 0.3) is 10.9 Å². The summed E-state index contributed by atoms with van der Waals surface area (Å²) in [5.41, 5.74) is 1.08. The van der Waals surface area contributed by atoms with Gasteiger partial charge < -0.3 is 4.57 Å². The van der Waals surface area contributed by atoms with Gasteiger partial charge in [0, 0.05) is 26.4 Å². The van der Waals surface area contributed by atoms with Crippen LogP contribution in [0.15, 0.2) is 47.1 Å². The third-order valence-corrected chi connectivity index (χ3v) is 4.82. The molecule has 0 aliphatic carbocycles. The van der Waals surface area contributed by atoms with Crippen LogP contribution in [0.4, 0.5) is 0 Å². The molecule has 0 bridgehead atoms. The number of aromatic nitrogens is 1. The molecule has 0 fully saturated rings. The van der Waals surface area contributed by atoms with Crippen LogP contribution in [0.3, 0.4) is 0 Å². The van der Waals surface area contributed by atoms with E-state index < -0.39 is 0 Å². The van der Waals surface area contributed by atoms with Crippen molar-refractivity contribution in [3.8, 4) is 0 Å². The van der Waals surface area contributed by atoms with Crippen molar-refractivity contribution >= 4 is 44.0 Å². The summed E-state index contributed by atoms with van der Waals surface area (Å²) >= 11 is 5.08. The molecule has 2 nitrogen and oxygen atoms in total. The van der Waals surface area contributed by atoms with E-state index in [1.165, 1.54) is 4.88 Å². The molecule has 0 atom stereocenters. The molecule has 3 rings (SSSR count). The van der Waals surface area contributed by atoms with Gasteiger partial charge in [0.15, 0.2) is 5.78 Å². The number of aryl methyl sites for hydroxylation is 1. The first kappa shape index (κ1) is 12.6. The highest BCUT2D eigenvalue weighted by Gasteiger charge is 2.11. The third-order valence-electron chi connectivity index (χ3n) is 3.09. The third kappa shape index (κ3) is 2.38. The number of carbonyl (C=O) groups is 1. The minimum absolute atomic E-state index is 0.163. The number of benzene rings is 1. The van der Waals surface area contributed by atoms with E-state index >= 15 is 0 Å². The summed E-state index contributed by atoms with van der Waals surface area (Å²) in [7, 11) is 0. The molecule has 0 saturated heterocycles. The van der Waals surface area contributed by atoms with E-state index in [4.69, 9.17) is 0 Å². The molecule has 0 spiro atoms. The SMILES string of the molecule is Cc1ccc(C(=O)Cn2ccc3c(Br)cccc32)s1. The summed E-state index contributed by atoms with van der Waals surface area (Å²) < 4.78 is 3.06. The average Bonchev–Trinajstić information content (AvgIpc) is 2.98. The van der Waals surface area contributed by atoms with Crippen LogP contribution in [-0.4, -0.2) is 10.4 Å². The Bertz CT molecular complexity index is 756. The molecular weight excluding hydrogens is 322 g/mol. The van der Waals surface area contributed by atoms with E-state index in [1.807, 2.05) is 54.1 Å². The molecule has 2 heterocycles. The zero-order chi connectivity index (χ0) is 13.4. The number of carbonyl (C=O) groups excluding carboxylic acids is 1. The summed E-state index contributed by atoms with van der Waals surface area (Å²) in [5, 5.41) is 1.14. The van der Waals surface area contributed by atoms with Gasteiger partial charge in [-0.1, -0.05) is 22.0 Å². The highest BCUT2D eigenvalue weighted by molar-refractivity contribution is 9.10. The van der Waals surface area contributed by atoms with Gasteiger partial charge in [-0.2, -0.15) is 0 Å². The van der Waals surface area contributed by atoms with Crippen molar-refractivity contribution in [3.05, 3.63) is 56.8 Å². The zero-order valence-corrected chi connectivity index (χ0v) is 12.8. The van der Waals surface area contributed by atoms with E-state index in [-0.39, 0.29) is 5.78 Å². The number of thiophene rings is 1. The van der Waals surface area contributed by atoms with Crippen LogP contribution >= 0.6 is 27.3 Å². The van der Waals surface area contributed by atoms with Crippen molar-refractivity contribution in [1.82, 2.24) is 4.57 Å². The molecular formula is C15H12BrNOS. The lowest BCUT2D eigenvalue weighted by Gasteiger charge is -2.04. The Morgan fingerprint density at radius 2 is 2.11 bits per heavy atom. The lowest BCUT2D eigenvalue weighted by molar-refractivity contribution is 0.0977. The largest absolute Gasteiger partial charge is 0.340 e. The molecule has 3 aromatic rings. The predicted molar refractivity (Wildman–Crippen MR) is 83.0 cm³/mol. The van der Waals surface area contributed by atoms with Gasteiger partial charge >= 0.3 is 0 Å². The van der Waals surface area contributed by atoms with Gasteiger partial charge in [0.05, 0.1) is 11.4 Å². The number of ketones is 1. The fourth-order valence-corrected chi connectivity index (χ4v) is 3.43. The van der Waals surface area contributed by atoms with Crippen molar-refractivity contribution in [3.63, 3.8) is 0 Å². The van der Waals surface area contributed by atoms with E-state index in [1.54, 1.807) is 11.3 Å². The Kier molecular flexibility index (Phi) is 3.29. The number of halogens is 1. The zero-order valence-electron chi connectivity index (χ0n) is 10.4. The van der Waals surface area contributed by atoms with Crippen LogP contribution in [0.1, 0.15) is 14.5 Å². The number of hydrogen-bond acceptors (Lipinski definition) is 2. The average molecular weight is 334 g/mol. The Balaban J connectivity index is 1.94. The second-order valence-electron chi connectivity index (χ2n) is 4.45. The Morgan fingerprint density at radius 1 is 1.26 bits per heavy atom. The molecule has 1 aromatic carbocycles. The molecule has 19 heavy (non-hydrogen) atoms. The number of fused-ring (bicyclic) bond motifs is 1. The molecule has 0 aliphatic rings. The first-order valence-corrected chi connectivity index (χ1v) is 7.59. The van der Waals surface area contributed by atoms with Crippen molar-refractivity contribution in [2.45, 2.75) is 13.5 Å². The molecule has 0 unspecified atom stereocenters. The molecule has 0 N–H and O–H groups in total. The quantitative estimate of drug-likeness (QED) is 0.639. The minimum Gasteiger partial charge on any atom is -0.340 e. The smallest absolute Gasteiger partial charge is 0.192 e. The number of nitrogens with zero attached hydrogens (tertiary/aromatic N) is 1. The first-order valence-electron chi connectivity index (χ1n) is 5.98. The topological polar surface area (TPSA) is 22.0 Å². The van der Waals surface area contributed by atoms with E-state index in [0.29, 0.717) is 6.54 Å². The summed E-state index contributed by atoms with van der Waals surface area (Å²) in [6.07, 6.45) is 1.97. The van der Waals surface area contributed by atoms with Crippen molar-refractivity contribution in [2.75, 3.05) is 0 Å². The van der Waals surface area contributed by atoms with Crippen molar-refractivity contribution < 1.29 is 4.79 Å². The van der Waals surface area contributed by atoms with Crippen LogP contribution in [0.5, 0.6) is 0 Å². The van der Waals surface area contributed by atoms with Gasteiger partial charge in [-0.25, -0.2) is 0 Å². The minimum atomic E-state index is 0.163. The lowest BCUT2D eigenvalue weighted by Crippen LogP contribution is -2.07. The standard InChI is InChI=1S/C15H12BrNOS/c1-10-5-6-15(19-10)14(18)9-17-8-7-11-12(16)3-2-4-13(11)17/h2-8H,9H2,1H3. The van der Waals surface area contributed by atoms with Gasteiger partial charge in [-0.05, 0) is 37.3 Å². The van der Waals surface area contributed by atoms with Gasteiger partial charge in [0.25, 0.3) is 0 Å². The fraction of sp³-hybridized carbons (Fsp3) is 0.133. The molecule has 4 heteroatoms. The van der Waals surface area contributed by atoms with Crippen LogP contribution in [0.2, 0.25) is 0 Å². The number of Topliss-reactive ketones (excluding diaryl/α,β-unsaturated/α-hetero) is 1. The van der Waals surface area contributed by atoms with Gasteiger partial charge in [-0.15, -0.1) is 11.3 Å². The normalized spacial score (nSPS) is 11.1. The summed E-state index contributed by atoms with van der Waals surface area (Å²) in [4.78, 5) is 14.2. The molecule has 2 aromatic heterocycles. The molecule has 0 saturated carbocycles. The van der Waals surface area contributed by atoms with Crippen LogP contribution < -0.4 is 0 Å². The molecule has 0 amide bonds. The van der Waals surface area contributed by atoms with Gasteiger partial charge in [0.1, 0.15) is 0 Å². The maximum absolute atomic E-state index is 12.2. The van der Waals surface area contributed by atoms with Crippen molar-refractivity contribution in [2.24, 2.45) is 0 Å². The first-order chi connectivity index (χ1) is 9.15. The maximum atomic E-state index is 12.2. The van der Waals surface area contributed by atoms with Crippen molar-refractivity contribution in [1.29, 1.82) is 0 Å². The van der Waals surface area contributed by atoms with Crippen LogP contribution in [-0.2, 0) is 6.54 Å². The molecule has 0 aliphatic heterocycles. The Morgan fingerprint density at radius 3 is 2.84 bits per heavy atom. The molecule has 0 radical (unpaired) electrons. The van der Waals surface area contributed by atoms with E-state index in [9.17, 15) is 4.79 Å². The van der Waals surface area contributed by atoms with E-state index in [2.05, 4.69) is 15.9 Å². The summed E-state index contributed by atoms with van der Waals surface area (Å²) in [6.45, 7) is 2.41. The molecule has 96 valence electrons. The monoisotopic (exact) mass is 333 g/mol. The number of rotatable bonds is 3. The highest BCUT2D eigenvalue weighted by Crippen LogP contribution is 2.25. The maximum Gasteiger partial charge on any atom is 0.192 e. The lowest BCUT2D eigenvalue weighted by atomic mass is 10.2. The summed E-state index contributed by atoms with van der Waals surface area (Å²) in [5.74, 6) is 0.163. The second kappa shape index (κ2) is 4.94. The fourth-order valence-electron chi connectivity index (χ4n) is 2.14. The van der Waals surface area contributed by atoms with Crippen LogP contribution in [0, 0.1) is 6.92 Å². The van der Waals surface area contributed by atoms with E-state index in [0.717, 1.165) is 20.3 Å².